The van der Waals surface area contributed by atoms with Crippen molar-refractivity contribution in [2.75, 3.05) is 11.1 Å². The molecule has 2 heterocycles. The largest absolute Gasteiger partial charge is 0.448 e. The molecule has 1 aromatic heterocycles. The molecular weight excluding hydrogens is 368 g/mol. The second-order valence-corrected chi connectivity index (χ2v) is 6.95. The highest BCUT2D eigenvalue weighted by Crippen LogP contribution is 2.40. The Morgan fingerprint density at radius 2 is 1.96 bits per heavy atom. The number of ether oxygens (including phenoxy) is 1. The Bertz CT molecular complexity index is 966. The van der Waals surface area contributed by atoms with Crippen LogP contribution < -0.4 is 10.1 Å². The van der Waals surface area contributed by atoms with Crippen LogP contribution in [0.5, 0.6) is 5.88 Å². The van der Waals surface area contributed by atoms with Crippen LogP contribution in [0, 0.1) is 0 Å². The average molecular weight is 383 g/mol. The summed E-state index contributed by atoms with van der Waals surface area (Å²) in [5, 5.41) is 13.1. The standard InChI is InChI=1S/C19H15ClN4OS/c1-2-11-26-19-22-18-16(23-24-19)13-8-4-6-10-15(13)21-17(25-18)12-7-3-5-9-14(12)20/h2-10,17,21H,1,11H2. The number of hydrogen-bond acceptors (Lipinski definition) is 6. The van der Waals surface area contributed by atoms with Crippen molar-refractivity contribution < 1.29 is 4.74 Å². The molecule has 26 heavy (non-hydrogen) atoms. The smallest absolute Gasteiger partial charge is 0.247 e. The molecular formula is C19H15ClN4OS. The molecule has 1 aliphatic heterocycles. The van der Waals surface area contributed by atoms with E-state index in [1.54, 1.807) is 6.08 Å². The fourth-order valence-corrected chi connectivity index (χ4v) is 3.42. The third kappa shape index (κ3) is 3.25. The lowest BCUT2D eigenvalue weighted by atomic mass is 10.1. The summed E-state index contributed by atoms with van der Waals surface area (Å²) < 4.78 is 6.18. The van der Waals surface area contributed by atoms with Crippen molar-refractivity contribution in [3.8, 4) is 17.1 Å². The van der Waals surface area contributed by atoms with Gasteiger partial charge in [-0.3, -0.25) is 0 Å². The number of nitrogens with one attached hydrogen (secondary N) is 1. The van der Waals surface area contributed by atoms with Crippen LogP contribution in [0.25, 0.3) is 11.3 Å². The molecule has 0 saturated heterocycles. The van der Waals surface area contributed by atoms with E-state index in [1.165, 1.54) is 11.8 Å². The van der Waals surface area contributed by atoms with Gasteiger partial charge >= 0.3 is 0 Å². The van der Waals surface area contributed by atoms with Gasteiger partial charge in [-0.15, -0.1) is 16.8 Å². The van der Waals surface area contributed by atoms with Crippen LogP contribution in [-0.2, 0) is 0 Å². The Morgan fingerprint density at radius 1 is 1.15 bits per heavy atom. The highest BCUT2D eigenvalue weighted by atomic mass is 35.5. The second-order valence-electron chi connectivity index (χ2n) is 5.56. The molecule has 5 nitrogen and oxygen atoms in total. The molecule has 0 bridgehead atoms. The fraction of sp³-hybridized carbons (Fsp3) is 0.105. The van der Waals surface area contributed by atoms with Crippen LogP contribution in [0.1, 0.15) is 11.8 Å². The molecule has 0 fully saturated rings. The van der Waals surface area contributed by atoms with Crippen molar-refractivity contribution in [1.82, 2.24) is 15.2 Å². The van der Waals surface area contributed by atoms with Crippen molar-refractivity contribution in [1.29, 1.82) is 0 Å². The number of fused-ring (bicyclic) bond motifs is 3. The number of para-hydroxylation sites is 1. The zero-order valence-corrected chi connectivity index (χ0v) is 15.3. The maximum atomic E-state index is 6.38. The predicted molar refractivity (Wildman–Crippen MR) is 105 cm³/mol. The first-order valence-corrected chi connectivity index (χ1v) is 9.38. The molecule has 0 spiro atoms. The minimum Gasteiger partial charge on any atom is -0.448 e. The Balaban J connectivity index is 1.82. The molecule has 1 N–H and O–H groups in total. The minimum absolute atomic E-state index is 0.425. The highest BCUT2D eigenvalue weighted by Gasteiger charge is 2.26. The summed E-state index contributed by atoms with van der Waals surface area (Å²) in [6.45, 7) is 3.72. The van der Waals surface area contributed by atoms with Gasteiger partial charge in [0.15, 0.2) is 11.9 Å². The van der Waals surface area contributed by atoms with E-state index in [9.17, 15) is 0 Å². The van der Waals surface area contributed by atoms with Crippen LogP contribution >= 0.6 is 23.4 Å². The molecule has 0 radical (unpaired) electrons. The summed E-state index contributed by atoms with van der Waals surface area (Å²) in [4.78, 5) is 4.55. The monoisotopic (exact) mass is 382 g/mol. The number of benzene rings is 2. The summed E-state index contributed by atoms with van der Waals surface area (Å²) in [7, 11) is 0. The first-order valence-electron chi connectivity index (χ1n) is 8.01. The predicted octanol–water partition coefficient (Wildman–Crippen LogP) is 4.97. The molecule has 0 aliphatic carbocycles. The van der Waals surface area contributed by atoms with Crippen molar-refractivity contribution in [2.24, 2.45) is 0 Å². The van der Waals surface area contributed by atoms with Crippen LogP contribution in [0.3, 0.4) is 0 Å². The molecule has 1 aliphatic rings. The van der Waals surface area contributed by atoms with Crippen molar-refractivity contribution >= 4 is 29.1 Å². The van der Waals surface area contributed by atoms with Gasteiger partial charge in [0.25, 0.3) is 0 Å². The van der Waals surface area contributed by atoms with Gasteiger partial charge in [-0.1, -0.05) is 65.8 Å². The van der Waals surface area contributed by atoms with Gasteiger partial charge < -0.3 is 10.1 Å². The van der Waals surface area contributed by atoms with Crippen molar-refractivity contribution in [3.05, 3.63) is 71.8 Å². The van der Waals surface area contributed by atoms with Gasteiger partial charge in [-0.2, -0.15) is 4.98 Å². The number of anilines is 1. The van der Waals surface area contributed by atoms with E-state index in [1.807, 2.05) is 48.5 Å². The fourth-order valence-electron chi connectivity index (χ4n) is 2.67. The van der Waals surface area contributed by atoms with Crippen LogP contribution in [0.4, 0.5) is 5.69 Å². The summed E-state index contributed by atoms with van der Waals surface area (Å²) in [6.07, 6.45) is 1.31. The Morgan fingerprint density at radius 3 is 2.81 bits per heavy atom. The normalized spacial score (nSPS) is 15.0. The quantitative estimate of drug-likeness (QED) is 0.507. The maximum Gasteiger partial charge on any atom is 0.247 e. The van der Waals surface area contributed by atoms with E-state index in [-0.39, 0.29) is 0 Å². The number of nitrogens with zero attached hydrogens (tertiary/aromatic N) is 3. The molecule has 7 heteroatoms. The van der Waals surface area contributed by atoms with Gasteiger partial charge in [0.2, 0.25) is 11.0 Å². The zero-order valence-electron chi connectivity index (χ0n) is 13.7. The van der Waals surface area contributed by atoms with Crippen molar-refractivity contribution in [3.63, 3.8) is 0 Å². The van der Waals surface area contributed by atoms with E-state index in [2.05, 4.69) is 27.1 Å². The van der Waals surface area contributed by atoms with Gasteiger partial charge in [-0.05, 0) is 12.1 Å². The molecule has 1 unspecified atom stereocenters. The zero-order chi connectivity index (χ0) is 17.9. The second kappa shape index (κ2) is 7.35. The van der Waals surface area contributed by atoms with Crippen LogP contribution in [0.2, 0.25) is 5.02 Å². The molecule has 2 aromatic carbocycles. The molecule has 3 aromatic rings. The van der Waals surface area contributed by atoms with Crippen LogP contribution in [0.15, 0.2) is 66.3 Å². The number of thioether (sulfide) groups is 1. The highest BCUT2D eigenvalue weighted by molar-refractivity contribution is 7.99. The SMILES string of the molecule is C=CCSc1nnc2c(n1)OC(c1ccccc1Cl)Nc1ccccc1-2. The number of hydrogen-bond donors (Lipinski definition) is 1. The minimum atomic E-state index is -0.486. The maximum absolute atomic E-state index is 6.38. The molecule has 1 atom stereocenters. The first kappa shape index (κ1) is 16.9. The van der Waals surface area contributed by atoms with Gasteiger partial charge in [-0.25, -0.2) is 0 Å². The van der Waals surface area contributed by atoms with E-state index in [0.29, 0.717) is 27.5 Å². The molecule has 0 saturated carbocycles. The summed E-state index contributed by atoms with van der Waals surface area (Å²) in [5.41, 5.74) is 3.21. The topological polar surface area (TPSA) is 59.9 Å². The lowest BCUT2D eigenvalue weighted by Gasteiger charge is -2.20. The first-order chi connectivity index (χ1) is 12.8. The van der Waals surface area contributed by atoms with Gasteiger partial charge in [0.1, 0.15) is 0 Å². The van der Waals surface area contributed by atoms with E-state index in [0.717, 1.165) is 16.8 Å². The summed E-state index contributed by atoms with van der Waals surface area (Å²) in [6, 6.07) is 15.4. The van der Waals surface area contributed by atoms with E-state index < -0.39 is 6.23 Å². The van der Waals surface area contributed by atoms with E-state index >= 15 is 0 Å². The molecule has 130 valence electrons. The summed E-state index contributed by atoms with van der Waals surface area (Å²) in [5.74, 6) is 1.12. The third-order valence-corrected chi connectivity index (χ3v) is 5.03. The lowest BCUT2D eigenvalue weighted by molar-refractivity contribution is 0.225. The number of aromatic nitrogens is 3. The Hall–Kier alpha value is -2.57. The van der Waals surface area contributed by atoms with Crippen LogP contribution in [-0.4, -0.2) is 20.9 Å². The number of halogens is 1. The summed E-state index contributed by atoms with van der Waals surface area (Å²) >= 11 is 7.83. The van der Waals surface area contributed by atoms with Gasteiger partial charge in [0.05, 0.1) is 0 Å². The average Bonchev–Trinajstić information content (AvgIpc) is 2.83. The molecule has 4 rings (SSSR count). The third-order valence-electron chi connectivity index (χ3n) is 3.85. The Labute approximate surface area is 160 Å². The lowest BCUT2D eigenvalue weighted by Crippen LogP contribution is -2.17. The Kier molecular flexibility index (Phi) is 4.77. The van der Waals surface area contributed by atoms with E-state index in [4.69, 9.17) is 16.3 Å². The molecule has 0 amide bonds. The van der Waals surface area contributed by atoms with Crippen molar-refractivity contribution in [2.45, 2.75) is 11.4 Å². The van der Waals surface area contributed by atoms with Gasteiger partial charge in [0, 0.05) is 27.6 Å². The number of rotatable bonds is 4.